The van der Waals surface area contributed by atoms with Gasteiger partial charge < -0.3 is 9.84 Å². The highest BCUT2D eigenvalue weighted by Crippen LogP contribution is 2.57. The summed E-state index contributed by atoms with van der Waals surface area (Å²) in [6.07, 6.45) is 5.53. The van der Waals surface area contributed by atoms with Gasteiger partial charge in [-0.05, 0) is 31.2 Å². The minimum atomic E-state index is 0.365. The Morgan fingerprint density at radius 3 is 2.68 bits per heavy atom. The Morgan fingerprint density at radius 2 is 2.11 bits per heavy atom. The van der Waals surface area contributed by atoms with Crippen LogP contribution in [0.2, 0.25) is 0 Å². The summed E-state index contributed by atoms with van der Waals surface area (Å²) in [5.74, 6) is 2.20. The molecule has 1 fully saturated rings. The summed E-state index contributed by atoms with van der Waals surface area (Å²) >= 11 is 0. The van der Waals surface area contributed by atoms with Crippen molar-refractivity contribution in [3.05, 3.63) is 11.7 Å². The number of nitrogens with one attached hydrogen (secondary N) is 1. The Bertz CT molecular complexity index is 400. The molecule has 1 heterocycles. The maximum Gasteiger partial charge on any atom is 0.228 e. The van der Waals surface area contributed by atoms with Crippen LogP contribution < -0.4 is 5.32 Å². The van der Waals surface area contributed by atoms with E-state index in [1.807, 2.05) is 0 Å². The van der Waals surface area contributed by atoms with E-state index in [2.05, 4.69) is 43.2 Å². The van der Waals surface area contributed by atoms with Gasteiger partial charge in [0.25, 0.3) is 0 Å². The van der Waals surface area contributed by atoms with Gasteiger partial charge in [0.05, 0.1) is 0 Å². The van der Waals surface area contributed by atoms with Gasteiger partial charge in [-0.2, -0.15) is 4.98 Å². The molecular formula is C15H27N3O. The maximum atomic E-state index is 5.41. The Hall–Kier alpha value is -0.900. The van der Waals surface area contributed by atoms with Crippen LogP contribution in [0.4, 0.5) is 0 Å². The molecule has 0 saturated heterocycles. The smallest absolute Gasteiger partial charge is 0.228 e. The predicted molar refractivity (Wildman–Crippen MR) is 76.1 cm³/mol. The van der Waals surface area contributed by atoms with Gasteiger partial charge in [0.2, 0.25) is 5.89 Å². The van der Waals surface area contributed by atoms with Crippen LogP contribution in [0.5, 0.6) is 0 Å². The first-order valence-corrected chi connectivity index (χ1v) is 7.62. The Balaban J connectivity index is 1.90. The lowest BCUT2D eigenvalue weighted by atomic mass is 10.1. The van der Waals surface area contributed by atoms with Crippen LogP contribution in [0.3, 0.4) is 0 Å². The summed E-state index contributed by atoms with van der Waals surface area (Å²) in [4.78, 5) is 4.58. The monoisotopic (exact) mass is 265 g/mol. The fourth-order valence-corrected chi connectivity index (χ4v) is 2.58. The first-order chi connectivity index (χ1) is 9.06. The lowest BCUT2D eigenvalue weighted by Crippen LogP contribution is -2.31. The van der Waals surface area contributed by atoms with Crippen LogP contribution in [-0.4, -0.2) is 22.7 Å². The van der Waals surface area contributed by atoms with Gasteiger partial charge >= 0.3 is 0 Å². The van der Waals surface area contributed by atoms with Gasteiger partial charge in [-0.15, -0.1) is 0 Å². The normalized spacial score (nSPS) is 22.4. The van der Waals surface area contributed by atoms with E-state index in [0.717, 1.165) is 37.5 Å². The van der Waals surface area contributed by atoms with Crippen molar-refractivity contribution < 1.29 is 4.52 Å². The van der Waals surface area contributed by atoms with Gasteiger partial charge in [0, 0.05) is 18.4 Å². The van der Waals surface area contributed by atoms with E-state index in [-0.39, 0.29) is 0 Å². The van der Waals surface area contributed by atoms with Gasteiger partial charge in [0.15, 0.2) is 5.82 Å². The largest absolute Gasteiger partial charge is 0.339 e. The molecule has 0 aromatic carbocycles. The van der Waals surface area contributed by atoms with Crippen molar-refractivity contribution in [2.45, 2.75) is 71.8 Å². The van der Waals surface area contributed by atoms with E-state index in [9.17, 15) is 0 Å². The van der Waals surface area contributed by atoms with E-state index < -0.39 is 0 Å². The number of aromatic nitrogens is 2. The molecule has 0 amide bonds. The maximum absolute atomic E-state index is 5.41. The Kier molecular flexibility index (Phi) is 4.61. The molecule has 19 heavy (non-hydrogen) atoms. The standard InChI is InChI=1S/C15H27N3O/c1-5-7-11(16-8-6-2)9-13-17-14(18-19-13)12-10-15(12,3)4/h11-12,16H,5-10H2,1-4H3. The quantitative estimate of drug-likeness (QED) is 0.783. The summed E-state index contributed by atoms with van der Waals surface area (Å²) in [5.41, 5.74) is 0.365. The fourth-order valence-electron chi connectivity index (χ4n) is 2.58. The molecule has 2 rings (SSSR count). The first-order valence-electron chi connectivity index (χ1n) is 7.62. The highest BCUT2D eigenvalue weighted by molar-refractivity contribution is 5.14. The third-order valence-corrected chi connectivity index (χ3v) is 4.05. The molecule has 0 bridgehead atoms. The van der Waals surface area contributed by atoms with Crippen molar-refractivity contribution in [1.82, 2.24) is 15.5 Å². The van der Waals surface area contributed by atoms with Crippen molar-refractivity contribution in [2.75, 3.05) is 6.54 Å². The molecule has 1 N–H and O–H groups in total. The second-order valence-electron chi connectivity index (χ2n) is 6.44. The summed E-state index contributed by atoms with van der Waals surface area (Å²) in [6, 6.07) is 0.463. The minimum Gasteiger partial charge on any atom is -0.339 e. The molecule has 4 nitrogen and oxygen atoms in total. The molecule has 1 saturated carbocycles. The highest BCUT2D eigenvalue weighted by atomic mass is 16.5. The van der Waals surface area contributed by atoms with Gasteiger partial charge in [-0.1, -0.05) is 39.3 Å². The van der Waals surface area contributed by atoms with E-state index >= 15 is 0 Å². The van der Waals surface area contributed by atoms with Crippen molar-refractivity contribution in [3.63, 3.8) is 0 Å². The number of nitrogens with zero attached hydrogens (tertiary/aromatic N) is 2. The third-order valence-electron chi connectivity index (χ3n) is 4.05. The molecule has 0 radical (unpaired) electrons. The van der Waals surface area contributed by atoms with Gasteiger partial charge in [-0.25, -0.2) is 0 Å². The molecule has 1 aromatic rings. The molecule has 0 spiro atoms. The zero-order valence-electron chi connectivity index (χ0n) is 12.7. The molecule has 0 aliphatic heterocycles. The molecule has 4 heteroatoms. The second-order valence-corrected chi connectivity index (χ2v) is 6.44. The highest BCUT2D eigenvalue weighted by Gasteiger charge is 2.49. The predicted octanol–water partition coefficient (Wildman–Crippen LogP) is 3.29. The number of hydrogen-bond donors (Lipinski definition) is 1. The lowest BCUT2D eigenvalue weighted by Gasteiger charge is -2.15. The molecular weight excluding hydrogens is 238 g/mol. The molecule has 2 unspecified atom stereocenters. The molecule has 1 aliphatic carbocycles. The summed E-state index contributed by atoms with van der Waals surface area (Å²) in [6.45, 7) is 9.98. The SMILES string of the molecule is CCCNC(CCC)Cc1nc(C2CC2(C)C)no1. The summed E-state index contributed by atoms with van der Waals surface area (Å²) in [7, 11) is 0. The van der Waals surface area contributed by atoms with E-state index in [1.165, 1.54) is 12.8 Å². The zero-order chi connectivity index (χ0) is 13.9. The molecule has 2 atom stereocenters. The second kappa shape index (κ2) is 6.04. The Labute approximate surface area is 116 Å². The van der Waals surface area contributed by atoms with Crippen LogP contribution in [0.15, 0.2) is 4.52 Å². The van der Waals surface area contributed by atoms with Crippen LogP contribution in [-0.2, 0) is 6.42 Å². The van der Waals surface area contributed by atoms with Crippen LogP contribution in [0.25, 0.3) is 0 Å². The van der Waals surface area contributed by atoms with Crippen molar-refractivity contribution in [2.24, 2.45) is 5.41 Å². The average Bonchev–Trinajstić information content (AvgIpc) is 2.80. The van der Waals surface area contributed by atoms with Crippen molar-refractivity contribution in [3.8, 4) is 0 Å². The summed E-state index contributed by atoms with van der Waals surface area (Å²) in [5, 5.41) is 7.71. The van der Waals surface area contributed by atoms with Crippen LogP contribution in [0, 0.1) is 5.41 Å². The topological polar surface area (TPSA) is 51.0 Å². The van der Waals surface area contributed by atoms with E-state index in [0.29, 0.717) is 17.4 Å². The Morgan fingerprint density at radius 1 is 1.37 bits per heavy atom. The summed E-state index contributed by atoms with van der Waals surface area (Å²) < 4.78 is 5.41. The van der Waals surface area contributed by atoms with Crippen LogP contribution in [0.1, 0.15) is 71.0 Å². The molecule has 1 aromatic heterocycles. The fraction of sp³-hybridized carbons (Fsp3) is 0.867. The minimum absolute atomic E-state index is 0.365. The van der Waals surface area contributed by atoms with Gasteiger partial charge in [-0.3, -0.25) is 0 Å². The number of hydrogen-bond acceptors (Lipinski definition) is 4. The zero-order valence-corrected chi connectivity index (χ0v) is 12.7. The first kappa shape index (κ1) is 14.5. The molecule has 1 aliphatic rings. The lowest BCUT2D eigenvalue weighted by molar-refractivity contribution is 0.346. The average molecular weight is 265 g/mol. The van der Waals surface area contributed by atoms with E-state index in [1.54, 1.807) is 0 Å². The third kappa shape index (κ3) is 3.78. The van der Waals surface area contributed by atoms with Crippen molar-refractivity contribution >= 4 is 0 Å². The van der Waals surface area contributed by atoms with Gasteiger partial charge in [0.1, 0.15) is 0 Å². The van der Waals surface area contributed by atoms with E-state index in [4.69, 9.17) is 4.52 Å². The van der Waals surface area contributed by atoms with Crippen LogP contribution >= 0.6 is 0 Å². The van der Waals surface area contributed by atoms with Crippen molar-refractivity contribution in [1.29, 1.82) is 0 Å². The number of rotatable bonds is 8. The molecule has 108 valence electrons.